The van der Waals surface area contributed by atoms with Gasteiger partial charge in [-0.3, -0.25) is 4.79 Å². The summed E-state index contributed by atoms with van der Waals surface area (Å²) in [5, 5.41) is 10.9. The van der Waals surface area contributed by atoms with E-state index >= 15 is 0 Å². The van der Waals surface area contributed by atoms with Crippen molar-refractivity contribution in [3.05, 3.63) is 5.82 Å². The smallest absolute Gasteiger partial charge is 0.313 e. The Morgan fingerprint density at radius 2 is 2.45 bits per heavy atom. The number of methoxy groups -OCH3 is 1. The maximum Gasteiger partial charge on any atom is 0.313 e. The van der Waals surface area contributed by atoms with Gasteiger partial charge in [-0.2, -0.15) is 4.80 Å². The van der Waals surface area contributed by atoms with Crippen molar-refractivity contribution in [3.8, 4) is 0 Å². The van der Waals surface area contributed by atoms with Crippen LogP contribution in [0, 0.1) is 0 Å². The van der Waals surface area contributed by atoms with Gasteiger partial charge in [0.05, 0.1) is 14.2 Å². The lowest BCUT2D eigenvalue weighted by molar-refractivity contribution is -0.139. The second kappa shape index (κ2) is 3.09. The molecule has 0 atom stereocenters. The van der Waals surface area contributed by atoms with E-state index in [-0.39, 0.29) is 12.4 Å². The normalized spacial score (nSPS) is 9.64. The first-order valence-corrected chi connectivity index (χ1v) is 3.02. The Morgan fingerprint density at radius 3 is 2.91 bits per heavy atom. The van der Waals surface area contributed by atoms with E-state index in [1.54, 1.807) is 7.05 Å². The van der Waals surface area contributed by atoms with E-state index < -0.39 is 0 Å². The summed E-state index contributed by atoms with van der Waals surface area (Å²) in [5.74, 6) is 0.0114. The molecule has 0 spiro atoms. The van der Waals surface area contributed by atoms with Gasteiger partial charge in [0.1, 0.15) is 6.42 Å². The molecule has 0 aliphatic heterocycles. The highest BCUT2D eigenvalue weighted by Gasteiger charge is 2.06. The SMILES string of the molecule is COC(=O)Cc1nnn(C)n1. The molecule has 0 aromatic carbocycles. The number of tetrazole rings is 1. The summed E-state index contributed by atoms with van der Waals surface area (Å²) in [7, 11) is 2.95. The van der Waals surface area contributed by atoms with Crippen molar-refractivity contribution in [1.29, 1.82) is 0 Å². The zero-order chi connectivity index (χ0) is 8.27. The van der Waals surface area contributed by atoms with Crippen LogP contribution in [0.3, 0.4) is 0 Å². The Morgan fingerprint density at radius 1 is 1.73 bits per heavy atom. The highest BCUT2D eigenvalue weighted by molar-refractivity contribution is 5.71. The molecule has 6 nitrogen and oxygen atoms in total. The molecule has 0 amide bonds. The number of carbonyl (C=O) groups is 1. The Labute approximate surface area is 63.1 Å². The number of rotatable bonds is 2. The lowest BCUT2D eigenvalue weighted by atomic mass is 10.4. The molecule has 1 aromatic rings. The molecule has 0 unspecified atom stereocenters. The molecule has 0 radical (unpaired) electrons. The van der Waals surface area contributed by atoms with Gasteiger partial charge in [0.25, 0.3) is 0 Å². The molecule has 1 rings (SSSR count). The quantitative estimate of drug-likeness (QED) is 0.510. The van der Waals surface area contributed by atoms with Crippen molar-refractivity contribution < 1.29 is 9.53 Å². The number of ether oxygens (including phenoxy) is 1. The van der Waals surface area contributed by atoms with Crippen LogP contribution in [-0.2, 0) is 23.0 Å². The van der Waals surface area contributed by atoms with Crippen LogP contribution in [0.4, 0.5) is 0 Å². The summed E-state index contributed by atoms with van der Waals surface area (Å²) in [6.07, 6.45) is 0.0737. The van der Waals surface area contributed by atoms with Gasteiger partial charge in [0, 0.05) is 0 Å². The van der Waals surface area contributed by atoms with Gasteiger partial charge in [-0.15, -0.1) is 10.2 Å². The van der Waals surface area contributed by atoms with Crippen LogP contribution in [0.1, 0.15) is 5.82 Å². The van der Waals surface area contributed by atoms with Crippen molar-refractivity contribution in [2.24, 2.45) is 7.05 Å². The minimum atomic E-state index is -0.363. The molecular formula is C5H8N4O2. The van der Waals surface area contributed by atoms with Crippen molar-refractivity contribution in [3.63, 3.8) is 0 Å². The second-order valence-corrected chi connectivity index (χ2v) is 1.95. The number of nitrogens with zero attached hydrogens (tertiary/aromatic N) is 4. The topological polar surface area (TPSA) is 69.9 Å². The number of carbonyl (C=O) groups excluding carboxylic acids is 1. The van der Waals surface area contributed by atoms with E-state index in [9.17, 15) is 4.79 Å². The lowest BCUT2D eigenvalue weighted by Gasteiger charge is -1.91. The fourth-order valence-electron chi connectivity index (χ4n) is 0.595. The van der Waals surface area contributed by atoms with E-state index in [0.717, 1.165) is 0 Å². The maximum absolute atomic E-state index is 10.7. The van der Waals surface area contributed by atoms with Crippen molar-refractivity contribution in [1.82, 2.24) is 20.2 Å². The first-order valence-electron chi connectivity index (χ1n) is 3.02. The van der Waals surface area contributed by atoms with Crippen molar-refractivity contribution in [2.45, 2.75) is 6.42 Å². The molecule has 0 aliphatic rings. The van der Waals surface area contributed by atoms with Crippen LogP contribution in [-0.4, -0.2) is 33.3 Å². The van der Waals surface area contributed by atoms with Crippen LogP contribution in [0.15, 0.2) is 0 Å². The predicted molar refractivity (Wildman–Crippen MR) is 34.5 cm³/mol. The van der Waals surface area contributed by atoms with Crippen LogP contribution in [0.2, 0.25) is 0 Å². The van der Waals surface area contributed by atoms with Gasteiger partial charge in [-0.05, 0) is 5.21 Å². The molecule has 0 saturated carbocycles. The zero-order valence-electron chi connectivity index (χ0n) is 6.31. The summed E-state index contributed by atoms with van der Waals surface area (Å²) in [6, 6.07) is 0. The molecule has 0 fully saturated rings. The summed E-state index contributed by atoms with van der Waals surface area (Å²) < 4.78 is 4.41. The van der Waals surface area contributed by atoms with Crippen LogP contribution >= 0.6 is 0 Å². The lowest BCUT2D eigenvalue weighted by Crippen LogP contribution is -2.06. The number of aromatic nitrogens is 4. The molecule has 0 aliphatic carbocycles. The Hall–Kier alpha value is -1.46. The third-order valence-electron chi connectivity index (χ3n) is 1.08. The maximum atomic E-state index is 10.7. The molecule has 0 bridgehead atoms. The third kappa shape index (κ3) is 1.99. The van der Waals surface area contributed by atoms with Gasteiger partial charge < -0.3 is 4.74 Å². The van der Waals surface area contributed by atoms with E-state index in [0.29, 0.717) is 5.82 Å². The fourth-order valence-corrected chi connectivity index (χ4v) is 0.595. The molecule has 60 valence electrons. The number of aryl methyl sites for hydroxylation is 1. The van der Waals surface area contributed by atoms with Gasteiger partial charge in [-0.1, -0.05) is 0 Å². The molecule has 1 aromatic heterocycles. The molecule has 0 N–H and O–H groups in total. The van der Waals surface area contributed by atoms with Crippen LogP contribution in [0.25, 0.3) is 0 Å². The largest absolute Gasteiger partial charge is 0.469 e. The standard InChI is InChI=1S/C5H8N4O2/c1-9-7-4(6-8-9)3-5(10)11-2/h3H2,1-2H3. The van der Waals surface area contributed by atoms with Crippen molar-refractivity contribution in [2.75, 3.05) is 7.11 Å². The van der Waals surface area contributed by atoms with Gasteiger partial charge in [0.15, 0.2) is 5.82 Å². The zero-order valence-corrected chi connectivity index (χ0v) is 6.31. The van der Waals surface area contributed by atoms with Crippen molar-refractivity contribution >= 4 is 5.97 Å². The van der Waals surface area contributed by atoms with Gasteiger partial charge >= 0.3 is 5.97 Å². The third-order valence-corrected chi connectivity index (χ3v) is 1.08. The predicted octanol–water partition coefficient (Wildman–Crippen LogP) is -1.07. The fraction of sp³-hybridized carbons (Fsp3) is 0.600. The first-order chi connectivity index (χ1) is 5.22. The minimum Gasteiger partial charge on any atom is -0.469 e. The molecule has 11 heavy (non-hydrogen) atoms. The summed E-state index contributed by atoms with van der Waals surface area (Å²) in [6.45, 7) is 0. The van der Waals surface area contributed by atoms with E-state index in [1.807, 2.05) is 0 Å². The summed E-state index contributed by atoms with van der Waals surface area (Å²) in [4.78, 5) is 11.9. The van der Waals surface area contributed by atoms with Gasteiger partial charge in [0.2, 0.25) is 0 Å². The second-order valence-electron chi connectivity index (χ2n) is 1.95. The monoisotopic (exact) mass is 156 g/mol. The average Bonchev–Trinajstić information content (AvgIpc) is 2.35. The highest BCUT2D eigenvalue weighted by Crippen LogP contribution is 1.88. The average molecular weight is 156 g/mol. The summed E-state index contributed by atoms with van der Waals surface area (Å²) in [5.41, 5.74) is 0. The van der Waals surface area contributed by atoms with E-state index in [4.69, 9.17) is 0 Å². The van der Waals surface area contributed by atoms with Gasteiger partial charge in [-0.25, -0.2) is 0 Å². The number of hydrogen-bond donors (Lipinski definition) is 0. The molecule has 6 heteroatoms. The van der Waals surface area contributed by atoms with E-state index in [1.165, 1.54) is 11.9 Å². The highest BCUT2D eigenvalue weighted by atomic mass is 16.5. The molecular weight excluding hydrogens is 148 g/mol. The van der Waals surface area contributed by atoms with Crippen LogP contribution in [0.5, 0.6) is 0 Å². The Kier molecular flexibility index (Phi) is 2.15. The number of esters is 1. The van der Waals surface area contributed by atoms with Crippen LogP contribution < -0.4 is 0 Å². The van der Waals surface area contributed by atoms with E-state index in [2.05, 4.69) is 20.1 Å². The Bertz CT molecular complexity index is 257. The molecule has 0 saturated heterocycles. The Balaban J connectivity index is 2.57. The number of hydrogen-bond acceptors (Lipinski definition) is 5. The first kappa shape index (κ1) is 7.64. The summed E-state index contributed by atoms with van der Waals surface area (Å²) >= 11 is 0. The molecule has 1 heterocycles. The minimum absolute atomic E-state index is 0.0737.